The minimum atomic E-state index is -3.30. The Morgan fingerprint density at radius 2 is 2.14 bits per heavy atom. The Labute approximate surface area is 122 Å². The van der Waals surface area contributed by atoms with E-state index in [2.05, 4.69) is 9.71 Å². The number of imidazole rings is 1. The first-order valence-corrected chi connectivity index (χ1v) is 8.17. The molecule has 0 fully saturated rings. The highest BCUT2D eigenvalue weighted by Crippen LogP contribution is 2.19. The van der Waals surface area contributed by atoms with Gasteiger partial charge in [-0.1, -0.05) is 6.92 Å². The number of hydrogen-bond donors (Lipinski definition) is 2. The standard InChI is InChI=1S/C13H17N3O4S/c1-3-12-15-10-8-9(13(17)18)4-5-11(10)16(12)6-7-21(19,20)14-2/h4-5,8,14H,3,6-7H2,1-2H3,(H,17,18). The number of aromatic carboxylic acids is 1. The first kappa shape index (κ1) is 15.5. The van der Waals surface area contributed by atoms with Gasteiger partial charge in [-0.05, 0) is 25.2 Å². The molecule has 0 aliphatic rings. The molecule has 0 spiro atoms. The molecule has 8 heteroatoms. The van der Waals surface area contributed by atoms with Crippen LogP contribution >= 0.6 is 0 Å². The molecule has 0 radical (unpaired) electrons. The van der Waals surface area contributed by atoms with Crippen LogP contribution in [0.5, 0.6) is 0 Å². The van der Waals surface area contributed by atoms with Crippen LogP contribution in [0.1, 0.15) is 23.1 Å². The second kappa shape index (κ2) is 5.82. The zero-order chi connectivity index (χ0) is 15.6. The Morgan fingerprint density at radius 1 is 1.43 bits per heavy atom. The van der Waals surface area contributed by atoms with Crippen LogP contribution in [0.15, 0.2) is 18.2 Å². The van der Waals surface area contributed by atoms with Crippen LogP contribution in [0.2, 0.25) is 0 Å². The molecule has 2 rings (SSSR count). The zero-order valence-corrected chi connectivity index (χ0v) is 12.6. The van der Waals surface area contributed by atoms with Crippen LogP contribution in [-0.2, 0) is 23.0 Å². The summed E-state index contributed by atoms with van der Waals surface area (Å²) in [6.07, 6.45) is 0.636. The van der Waals surface area contributed by atoms with Gasteiger partial charge in [0.1, 0.15) is 5.82 Å². The molecule has 1 aromatic carbocycles. The summed E-state index contributed by atoms with van der Waals surface area (Å²) < 4.78 is 27.2. The van der Waals surface area contributed by atoms with Crippen molar-refractivity contribution >= 4 is 27.0 Å². The van der Waals surface area contributed by atoms with Crippen LogP contribution < -0.4 is 4.72 Å². The Bertz CT molecular complexity index is 780. The predicted molar refractivity (Wildman–Crippen MR) is 78.9 cm³/mol. The molecule has 2 aromatic rings. The van der Waals surface area contributed by atoms with Gasteiger partial charge >= 0.3 is 5.97 Å². The van der Waals surface area contributed by atoms with E-state index in [9.17, 15) is 13.2 Å². The van der Waals surface area contributed by atoms with Gasteiger partial charge in [0, 0.05) is 13.0 Å². The molecule has 114 valence electrons. The molecule has 0 unspecified atom stereocenters. The van der Waals surface area contributed by atoms with Crippen molar-refractivity contribution in [2.75, 3.05) is 12.8 Å². The number of carboxylic acid groups (broad SMARTS) is 1. The quantitative estimate of drug-likeness (QED) is 0.823. The van der Waals surface area contributed by atoms with Crippen molar-refractivity contribution in [1.29, 1.82) is 0 Å². The Kier molecular flexibility index (Phi) is 4.29. The first-order chi connectivity index (χ1) is 9.88. The van der Waals surface area contributed by atoms with Crippen molar-refractivity contribution < 1.29 is 18.3 Å². The fourth-order valence-corrected chi connectivity index (χ4v) is 2.77. The van der Waals surface area contributed by atoms with E-state index < -0.39 is 16.0 Å². The summed E-state index contributed by atoms with van der Waals surface area (Å²) in [4.78, 5) is 15.4. The fourth-order valence-electron chi connectivity index (χ4n) is 2.15. The second-order valence-electron chi connectivity index (χ2n) is 4.56. The number of nitrogens with one attached hydrogen (secondary N) is 1. The summed E-state index contributed by atoms with van der Waals surface area (Å²) in [7, 11) is -1.93. The van der Waals surface area contributed by atoms with Gasteiger partial charge in [-0.15, -0.1) is 0 Å². The minimum absolute atomic E-state index is 0.0529. The van der Waals surface area contributed by atoms with Crippen molar-refractivity contribution in [3.8, 4) is 0 Å². The fraction of sp³-hybridized carbons (Fsp3) is 0.385. The highest BCUT2D eigenvalue weighted by molar-refractivity contribution is 7.89. The van der Waals surface area contributed by atoms with Gasteiger partial charge in [0.05, 0.1) is 22.3 Å². The molecule has 7 nitrogen and oxygen atoms in total. The van der Waals surface area contributed by atoms with Gasteiger partial charge in [-0.3, -0.25) is 0 Å². The van der Waals surface area contributed by atoms with E-state index >= 15 is 0 Å². The number of aryl methyl sites for hydroxylation is 2. The van der Waals surface area contributed by atoms with E-state index in [0.29, 0.717) is 11.9 Å². The lowest BCUT2D eigenvalue weighted by Crippen LogP contribution is -2.25. The molecule has 1 aromatic heterocycles. The number of aromatic nitrogens is 2. The van der Waals surface area contributed by atoms with E-state index in [-0.39, 0.29) is 17.9 Å². The zero-order valence-electron chi connectivity index (χ0n) is 11.8. The molecule has 0 aliphatic carbocycles. The van der Waals surface area contributed by atoms with Crippen LogP contribution in [0.4, 0.5) is 0 Å². The molecule has 0 bridgehead atoms. The lowest BCUT2D eigenvalue weighted by Gasteiger charge is -2.08. The Balaban J connectivity index is 2.44. The number of nitrogens with zero attached hydrogens (tertiary/aromatic N) is 2. The molecule has 21 heavy (non-hydrogen) atoms. The number of fused-ring (bicyclic) bond motifs is 1. The number of hydrogen-bond acceptors (Lipinski definition) is 4. The van der Waals surface area contributed by atoms with E-state index in [0.717, 1.165) is 11.3 Å². The average molecular weight is 311 g/mol. The molecule has 0 atom stereocenters. The average Bonchev–Trinajstić information content (AvgIpc) is 2.82. The molecule has 2 N–H and O–H groups in total. The number of sulfonamides is 1. The van der Waals surface area contributed by atoms with Gasteiger partial charge in [0.15, 0.2) is 0 Å². The van der Waals surface area contributed by atoms with Crippen molar-refractivity contribution in [3.63, 3.8) is 0 Å². The number of carbonyl (C=O) groups is 1. The third-order valence-electron chi connectivity index (χ3n) is 3.29. The molecule has 0 saturated heterocycles. The number of rotatable bonds is 6. The van der Waals surface area contributed by atoms with E-state index in [4.69, 9.17) is 5.11 Å². The lowest BCUT2D eigenvalue weighted by molar-refractivity contribution is 0.0697. The SMILES string of the molecule is CCc1nc2cc(C(=O)O)ccc2n1CCS(=O)(=O)NC. The van der Waals surface area contributed by atoms with Crippen LogP contribution in [0.3, 0.4) is 0 Å². The smallest absolute Gasteiger partial charge is 0.335 e. The summed E-state index contributed by atoms with van der Waals surface area (Å²) in [6, 6.07) is 4.66. The highest BCUT2D eigenvalue weighted by Gasteiger charge is 2.14. The molecule has 1 heterocycles. The van der Waals surface area contributed by atoms with Crippen LogP contribution in [-0.4, -0.2) is 41.8 Å². The van der Waals surface area contributed by atoms with Crippen molar-refractivity contribution in [1.82, 2.24) is 14.3 Å². The molecule has 0 amide bonds. The summed E-state index contributed by atoms with van der Waals surface area (Å²) >= 11 is 0. The molecule has 0 saturated carbocycles. The van der Waals surface area contributed by atoms with Crippen molar-refractivity contribution in [2.45, 2.75) is 19.9 Å². The number of benzene rings is 1. The largest absolute Gasteiger partial charge is 0.478 e. The maximum absolute atomic E-state index is 11.6. The lowest BCUT2D eigenvalue weighted by atomic mass is 10.2. The maximum atomic E-state index is 11.6. The summed E-state index contributed by atoms with van der Waals surface area (Å²) in [5, 5.41) is 9.00. The number of carboxylic acids is 1. The monoisotopic (exact) mass is 311 g/mol. The third-order valence-corrected chi connectivity index (χ3v) is 4.63. The first-order valence-electron chi connectivity index (χ1n) is 6.51. The highest BCUT2D eigenvalue weighted by atomic mass is 32.2. The molecular formula is C13H17N3O4S. The summed E-state index contributed by atoms with van der Waals surface area (Å²) in [5.74, 6) is -0.330. The predicted octanol–water partition coefficient (Wildman–Crippen LogP) is 0.846. The topological polar surface area (TPSA) is 101 Å². The van der Waals surface area contributed by atoms with Crippen molar-refractivity contribution in [3.05, 3.63) is 29.6 Å². The Hall–Kier alpha value is -1.93. The summed E-state index contributed by atoms with van der Waals surface area (Å²) in [6.45, 7) is 2.19. The van der Waals surface area contributed by atoms with Gasteiger partial charge in [0.25, 0.3) is 0 Å². The van der Waals surface area contributed by atoms with E-state index in [1.165, 1.54) is 19.2 Å². The summed E-state index contributed by atoms with van der Waals surface area (Å²) in [5.41, 5.74) is 1.47. The minimum Gasteiger partial charge on any atom is -0.478 e. The molecular weight excluding hydrogens is 294 g/mol. The molecule has 0 aliphatic heterocycles. The maximum Gasteiger partial charge on any atom is 0.335 e. The third kappa shape index (κ3) is 3.22. The van der Waals surface area contributed by atoms with E-state index in [1.54, 1.807) is 6.07 Å². The second-order valence-corrected chi connectivity index (χ2v) is 6.61. The van der Waals surface area contributed by atoms with Crippen molar-refractivity contribution in [2.24, 2.45) is 0 Å². The van der Waals surface area contributed by atoms with Gasteiger partial charge in [-0.2, -0.15) is 0 Å². The van der Waals surface area contributed by atoms with Gasteiger partial charge < -0.3 is 9.67 Å². The Morgan fingerprint density at radius 3 is 2.71 bits per heavy atom. The van der Waals surface area contributed by atoms with Gasteiger partial charge in [-0.25, -0.2) is 22.9 Å². The van der Waals surface area contributed by atoms with E-state index in [1.807, 2.05) is 11.5 Å². The van der Waals surface area contributed by atoms with Crippen LogP contribution in [0, 0.1) is 0 Å². The van der Waals surface area contributed by atoms with Gasteiger partial charge in [0.2, 0.25) is 10.0 Å². The van der Waals surface area contributed by atoms with Crippen LogP contribution in [0.25, 0.3) is 11.0 Å². The normalized spacial score (nSPS) is 11.9.